The number of aliphatic imine (C=N–C) groups is 1. The molecule has 0 rings (SSSR count). The molecule has 0 aliphatic carbocycles. The zero-order valence-corrected chi connectivity index (χ0v) is 11.0. The summed E-state index contributed by atoms with van der Waals surface area (Å²) < 4.78 is 0. The average molecular weight is 213 g/mol. The van der Waals surface area contributed by atoms with E-state index in [-0.39, 0.29) is 5.78 Å². The van der Waals surface area contributed by atoms with Crippen LogP contribution in [0.15, 0.2) is 4.99 Å². The summed E-state index contributed by atoms with van der Waals surface area (Å²) in [6.45, 7) is 12.9. The molecule has 0 unspecified atom stereocenters. The Bertz CT molecular complexity index is 236. The fourth-order valence-corrected chi connectivity index (χ4v) is 1.37. The molecule has 15 heavy (non-hydrogen) atoms. The number of rotatable bonds is 4. The van der Waals surface area contributed by atoms with Gasteiger partial charge in [-0.15, -0.1) is 0 Å². The molecule has 0 spiro atoms. The number of Topliss-reactive ketones (excluding diaryl/α,β-unsaturated/α-hetero) is 1. The maximum Gasteiger partial charge on any atom is 0.235 e. The molecule has 0 aromatic carbocycles. The predicted octanol–water partition coefficient (Wildman–Crippen LogP) is 3.13. The summed E-state index contributed by atoms with van der Waals surface area (Å²) in [6, 6.07) is 0. The van der Waals surface area contributed by atoms with E-state index >= 15 is 0 Å². The molecule has 0 saturated carbocycles. The van der Waals surface area contributed by atoms with E-state index in [0.717, 1.165) is 0 Å². The molecule has 0 atom stereocenters. The largest absolute Gasteiger partial charge is 0.299 e. The molecule has 0 aliphatic heterocycles. The summed E-state index contributed by atoms with van der Waals surface area (Å²) in [4.78, 5) is 25.0. The van der Waals surface area contributed by atoms with Crippen molar-refractivity contribution in [3.05, 3.63) is 0 Å². The number of hydrogen-bond acceptors (Lipinski definition) is 3. The van der Waals surface area contributed by atoms with Crippen LogP contribution >= 0.6 is 0 Å². The second kappa shape index (κ2) is 6.52. The van der Waals surface area contributed by atoms with E-state index in [1.165, 1.54) is 6.08 Å². The minimum Gasteiger partial charge on any atom is -0.299 e. The van der Waals surface area contributed by atoms with E-state index in [1.54, 1.807) is 6.92 Å². The van der Waals surface area contributed by atoms with Crippen LogP contribution < -0.4 is 0 Å². The lowest BCUT2D eigenvalue weighted by Gasteiger charge is -2.28. The number of ketones is 1. The molecule has 3 nitrogen and oxygen atoms in total. The summed E-state index contributed by atoms with van der Waals surface area (Å²) in [5, 5.41) is 0. The van der Waals surface area contributed by atoms with Crippen molar-refractivity contribution in [1.29, 1.82) is 0 Å². The Morgan fingerprint density at radius 2 is 1.60 bits per heavy atom. The van der Waals surface area contributed by atoms with E-state index in [0.29, 0.717) is 6.42 Å². The zero-order valence-electron chi connectivity index (χ0n) is 11.0. The van der Waals surface area contributed by atoms with Crippen LogP contribution in [0, 0.1) is 5.41 Å². The van der Waals surface area contributed by atoms with E-state index in [1.807, 2.05) is 41.5 Å². The molecule has 0 fully saturated rings. The van der Waals surface area contributed by atoms with Crippen LogP contribution in [-0.2, 0) is 9.59 Å². The zero-order chi connectivity index (χ0) is 12.7. The van der Waals surface area contributed by atoms with Gasteiger partial charge in [-0.25, -0.2) is 4.79 Å². The first-order valence-electron chi connectivity index (χ1n) is 5.31. The Morgan fingerprint density at radius 3 is 1.87 bits per heavy atom. The Balaban J connectivity index is 0. The van der Waals surface area contributed by atoms with Crippen molar-refractivity contribution in [3.8, 4) is 0 Å². The van der Waals surface area contributed by atoms with E-state index in [4.69, 9.17) is 0 Å². The van der Waals surface area contributed by atoms with Gasteiger partial charge in [-0.05, 0) is 27.2 Å². The van der Waals surface area contributed by atoms with Gasteiger partial charge in [0.25, 0.3) is 0 Å². The van der Waals surface area contributed by atoms with Crippen molar-refractivity contribution in [2.45, 2.75) is 60.4 Å². The molecule has 0 heterocycles. The Hall–Kier alpha value is -0.950. The Labute approximate surface area is 93.0 Å². The maximum absolute atomic E-state index is 11.2. The van der Waals surface area contributed by atoms with Crippen LogP contribution in [0.4, 0.5) is 0 Å². The number of carbonyl (C=O) groups is 1. The molecular weight excluding hydrogens is 190 g/mol. The lowest BCUT2D eigenvalue weighted by Crippen LogP contribution is -2.31. The lowest BCUT2D eigenvalue weighted by atomic mass is 9.78. The van der Waals surface area contributed by atoms with Gasteiger partial charge >= 0.3 is 0 Å². The highest BCUT2D eigenvalue weighted by atomic mass is 16.1. The fraction of sp³-hybridized carbons (Fsp3) is 0.833. The van der Waals surface area contributed by atoms with Gasteiger partial charge < -0.3 is 0 Å². The first-order valence-corrected chi connectivity index (χ1v) is 5.31. The molecule has 0 saturated heterocycles. The third-order valence-electron chi connectivity index (χ3n) is 2.18. The van der Waals surface area contributed by atoms with Crippen molar-refractivity contribution >= 4 is 11.9 Å². The van der Waals surface area contributed by atoms with Crippen LogP contribution in [0.25, 0.3) is 0 Å². The van der Waals surface area contributed by atoms with Crippen molar-refractivity contribution < 1.29 is 9.59 Å². The molecule has 0 aromatic rings. The minimum absolute atomic E-state index is 0.113. The van der Waals surface area contributed by atoms with Crippen LogP contribution in [-0.4, -0.2) is 17.4 Å². The smallest absolute Gasteiger partial charge is 0.235 e. The molecule has 0 bridgehead atoms. The predicted molar refractivity (Wildman–Crippen MR) is 62.6 cm³/mol. The maximum atomic E-state index is 11.2. The van der Waals surface area contributed by atoms with Crippen molar-refractivity contribution in [2.75, 3.05) is 0 Å². The molecule has 0 aromatic heterocycles. The second-order valence-electron chi connectivity index (χ2n) is 4.63. The summed E-state index contributed by atoms with van der Waals surface area (Å²) in [7, 11) is 0. The Morgan fingerprint density at radius 1 is 1.20 bits per heavy atom. The third kappa shape index (κ3) is 7.03. The van der Waals surface area contributed by atoms with Crippen LogP contribution in [0.2, 0.25) is 0 Å². The normalized spacial score (nSPS) is 10.9. The number of hydrogen-bond donors (Lipinski definition) is 0. The average Bonchev–Trinajstić information content (AvgIpc) is 2.05. The quantitative estimate of drug-likeness (QED) is 0.532. The molecule has 88 valence electrons. The molecule has 0 radical (unpaired) electrons. The van der Waals surface area contributed by atoms with Gasteiger partial charge in [0.2, 0.25) is 6.08 Å². The van der Waals surface area contributed by atoms with Gasteiger partial charge in [-0.2, -0.15) is 4.99 Å². The van der Waals surface area contributed by atoms with E-state index in [2.05, 4.69) is 4.99 Å². The summed E-state index contributed by atoms with van der Waals surface area (Å²) in [5.41, 5.74) is -0.930. The lowest BCUT2D eigenvalue weighted by molar-refractivity contribution is -0.125. The first-order chi connectivity index (χ1) is 6.71. The van der Waals surface area contributed by atoms with Gasteiger partial charge in [-0.3, -0.25) is 4.79 Å². The summed E-state index contributed by atoms with van der Waals surface area (Å²) in [5.74, 6) is 0.113. The van der Waals surface area contributed by atoms with Crippen LogP contribution in [0.1, 0.15) is 54.9 Å². The van der Waals surface area contributed by atoms with E-state index in [9.17, 15) is 9.59 Å². The molecule has 3 heteroatoms. The minimum atomic E-state index is -0.503. The van der Waals surface area contributed by atoms with Crippen molar-refractivity contribution in [2.24, 2.45) is 10.4 Å². The highest BCUT2D eigenvalue weighted by molar-refractivity contribution is 5.81. The van der Waals surface area contributed by atoms with Gasteiger partial charge in [0.1, 0.15) is 5.78 Å². The second-order valence-corrected chi connectivity index (χ2v) is 4.63. The topological polar surface area (TPSA) is 46.5 Å². The highest BCUT2D eigenvalue weighted by Gasteiger charge is 2.32. The standard InChI is InChI=1S/C10H17NO2.C2H6/c1-8(13)9(2,3)6-10(4,5)11-7-12;1-2/h6H2,1-5H3;1-2H3. The first kappa shape index (κ1) is 16.5. The number of isocyanates is 1. The van der Waals surface area contributed by atoms with Gasteiger partial charge in [0.15, 0.2) is 0 Å². The number of carbonyl (C=O) groups excluding carboxylic acids is 2. The molecule has 0 aliphatic rings. The SMILES string of the molecule is CC.CC(=O)C(C)(C)CC(C)(C)N=C=O. The molecular formula is C12H23NO2. The Kier molecular flexibility index (Phi) is 7.16. The highest BCUT2D eigenvalue weighted by Crippen LogP contribution is 2.30. The van der Waals surface area contributed by atoms with Gasteiger partial charge in [0.05, 0.1) is 5.54 Å². The summed E-state index contributed by atoms with van der Waals surface area (Å²) in [6.07, 6.45) is 2.09. The molecule has 0 N–H and O–H groups in total. The van der Waals surface area contributed by atoms with Crippen molar-refractivity contribution in [3.63, 3.8) is 0 Å². The van der Waals surface area contributed by atoms with E-state index < -0.39 is 11.0 Å². The van der Waals surface area contributed by atoms with Gasteiger partial charge in [-0.1, -0.05) is 27.7 Å². The molecule has 0 amide bonds. The monoisotopic (exact) mass is 213 g/mol. The van der Waals surface area contributed by atoms with Crippen LogP contribution in [0.3, 0.4) is 0 Å². The third-order valence-corrected chi connectivity index (χ3v) is 2.18. The number of nitrogens with zero attached hydrogens (tertiary/aromatic N) is 1. The van der Waals surface area contributed by atoms with Crippen LogP contribution in [0.5, 0.6) is 0 Å². The van der Waals surface area contributed by atoms with Crippen molar-refractivity contribution in [1.82, 2.24) is 0 Å². The van der Waals surface area contributed by atoms with Gasteiger partial charge in [0, 0.05) is 5.41 Å². The fourth-order valence-electron chi connectivity index (χ4n) is 1.37. The summed E-state index contributed by atoms with van der Waals surface area (Å²) >= 11 is 0.